The maximum Gasteiger partial charge on any atom is 0.159 e. The van der Waals surface area contributed by atoms with Gasteiger partial charge in [-0.3, -0.25) is 0 Å². The van der Waals surface area contributed by atoms with Gasteiger partial charge in [0, 0.05) is 10.8 Å². The lowest BCUT2D eigenvalue weighted by Gasteiger charge is -1.94. The zero-order valence-corrected chi connectivity index (χ0v) is 10.1. The van der Waals surface area contributed by atoms with E-state index in [1.165, 1.54) is 23.5 Å². The van der Waals surface area contributed by atoms with E-state index >= 15 is 0 Å². The van der Waals surface area contributed by atoms with Gasteiger partial charge in [0.1, 0.15) is 0 Å². The fraction of sp³-hybridized carbons (Fsp3) is 0. The summed E-state index contributed by atoms with van der Waals surface area (Å²) in [7, 11) is 0. The van der Waals surface area contributed by atoms with Crippen LogP contribution >= 0.6 is 43.2 Å². The molecule has 13 heavy (non-hydrogen) atoms. The molecule has 0 bridgehead atoms. The van der Waals surface area contributed by atoms with Gasteiger partial charge in [-0.15, -0.1) is 11.3 Å². The van der Waals surface area contributed by atoms with E-state index in [1.807, 2.05) is 0 Å². The Bertz CT molecular complexity index is 436. The highest BCUT2D eigenvalue weighted by Gasteiger charge is 2.11. The molecule has 0 spiro atoms. The van der Waals surface area contributed by atoms with Crippen LogP contribution in [0.25, 0.3) is 10.8 Å². The summed E-state index contributed by atoms with van der Waals surface area (Å²) in [6.07, 6.45) is 0. The SMILES string of the molecule is Fc1cc2c(Br)sc(Br)c2cc1F. The molecule has 0 saturated carbocycles. The molecule has 1 heterocycles. The second-order valence-corrected chi connectivity index (χ2v) is 6.12. The molecule has 5 heteroatoms. The minimum Gasteiger partial charge on any atom is -0.204 e. The summed E-state index contributed by atoms with van der Waals surface area (Å²) in [6, 6.07) is 2.38. The molecule has 0 N–H and O–H groups in total. The zero-order chi connectivity index (χ0) is 9.59. The van der Waals surface area contributed by atoms with Gasteiger partial charge in [-0.05, 0) is 44.0 Å². The molecule has 0 aliphatic carbocycles. The van der Waals surface area contributed by atoms with Crippen molar-refractivity contribution in [2.75, 3.05) is 0 Å². The highest BCUT2D eigenvalue weighted by atomic mass is 79.9. The van der Waals surface area contributed by atoms with E-state index in [9.17, 15) is 8.78 Å². The first-order valence-electron chi connectivity index (χ1n) is 3.32. The molecule has 0 radical (unpaired) electrons. The van der Waals surface area contributed by atoms with Crippen LogP contribution in [0.15, 0.2) is 19.7 Å². The van der Waals surface area contributed by atoms with Crippen LogP contribution < -0.4 is 0 Å². The molecule has 0 aliphatic heterocycles. The van der Waals surface area contributed by atoms with Crippen molar-refractivity contribution in [3.8, 4) is 0 Å². The summed E-state index contributed by atoms with van der Waals surface area (Å²) >= 11 is 7.95. The number of halogens is 4. The second-order valence-electron chi connectivity index (χ2n) is 2.46. The van der Waals surface area contributed by atoms with E-state index in [-0.39, 0.29) is 0 Å². The van der Waals surface area contributed by atoms with Crippen molar-refractivity contribution >= 4 is 54.0 Å². The Kier molecular flexibility index (Phi) is 2.42. The quantitative estimate of drug-likeness (QED) is 0.657. The Hall–Kier alpha value is -0.000000000000000167. The summed E-state index contributed by atoms with van der Waals surface area (Å²) in [6.45, 7) is 0. The van der Waals surface area contributed by atoms with Crippen molar-refractivity contribution < 1.29 is 8.78 Å². The molecule has 0 fully saturated rings. The number of rotatable bonds is 0. The van der Waals surface area contributed by atoms with E-state index in [1.54, 1.807) is 0 Å². The van der Waals surface area contributed by atoms with Crippen LogP contribution in [-0.2, 0) is 0 Å². The summed E-state index contributed by atoms with van der Waals surface area (Å²) in [4.78, 5) is 0. The molecule has 0 nitrogen and oxygen atoms in total. The number of benzene rings is 1. The zero-order valence-electron chi connectivity index (χ0n) is 6.07. The Labute approximate surface area is 93.8 Å². The lowest BCUT2D eigenvalue weighted by Crippen LogP contribution is -1.81. The van der Waals surface area contributed by atoms with Gasteiger partial charge in [0.15, 0.2) is 11.6 Å². The minimum absolute atomic E-state index is 0.691. The van der Waals surface area contributed by atoms with Gasteiger partial charge in [-0.1, -0.05) is 0 Å². The van der Waals surface area contributed by atoms with Crippen molar-refractivity contribution in [1.29, 1.82) is 0 Å². The first-order chi connectivity index (χ1) is 6.09. The van der Waals surface area contributed by atoms with Crippen molar-refractivity contribution in [1.82, 2.24) is 0 Å². The van der Waals surface area contributed by atoms with Gasteiger partial charge >= 0.3 is 0 Å². The molecule has 0 amide bonds. The smallest absolute Gasteiger partial charge is 0.159 e. The standard InChI is InChI=1S/C8H2Br2F2S/c9-7-3-1-5(11)6(12)2-4(3)8(10)13-7/h1-2H. The van der Waals surface area contributed by atoms with E-state index in [4.69, 9.17) is 0 Å². The highest BCUT2D eigenvalue weighted by Crippen LogP contribution is 2.39. The molecule has 68 valence electrons. The molecule has 0 saturated heterocycles. The van der Waals surface area contributed by atoms with Gasteiger partial charge in [0.25, 0.3) is 0 Å². The second kappa shape index (κ2) is 3.29. The molecule has 2 rings (SSSR count). The van der Waals surface area contributed by atoms with Crippen molar-refractivity contribution in [2.24, 2.45) is 0 Å². The Morgan fingerprint density at radius 2 is 1.31 bits per heavy atom. The van der Waals surface area contributed by atoms with E-state index in [2.05, 4.69) is 31.9 Å². The van der Waals surface area contributed by atoms with Gasteiger partial charge in [0.05, 0.1) is 7.57 Å². The largest absolute Gasteiger partial charge is 0.204 e. The molecular weight excluding hydrogens is 326 g/mol. The molecule has 0 aliphatic rings. The third-order valence-electron chi connectivity index (χ3n) is 1.66. The van der Waals surface area contributed by atoms with Crippen LogP contribution in [0, 0.1) is 11.6 Å². The summed E-state index contributed by atoms with van der Waals surface area (Å²) in [5, 5.41) is 1.38. The average molecular weight is 328 g/mol. The molecule has 0 unspecified atom stereocenters. The van der Waals surface area contributed by atoms with Gasteiger partial charge in [0.2, 0.25) is 0 Å². The monoisotopic (exact) mass is 326 g/mol. The minimum atomic E-state index is -0.821. The van der Waals surface area contributed by atoms with Crippen LogP contribution in [0.5, 0.6) is 0 Å². The fourth-order valence-electron chi connectivity index (χ4n) is 1.06. The highest BCUT2D eigenvalue weighted by molar-refractivity contribution is 9.12. The molecule has 0 atom stereocenters. The number of hydrogen-bond acceptors (Lipinski definition) is 1. The lowest BCUT2D eigenvalue weighted by atomic mass is 10.2. The third kappa shape index (κ3) is 1.53. The number of fused-ring (bicyclic) bond motifs is 1. The van der Waals surface area contributed by atoms with Crippen molar-refractivity contribution in [2.45, 2.75) is 0 Å². The van der Waals surface area contributed by atoms with Crippen LogP contribution in [0.3, 0.4) is 0 Å². The first kappa shape index (κ1) is 9.55. The van der Waals surface area contributed by atoms with E-state index < -0.39 is 11.6 Å². The Morgan fingerprint density at radius 3 is 1.69 bits per heavy atom. The van der Waals surface area contributed by atoms with E-state index in [0.29, 0.717) is 10.8 Å². The summed E-state index contributed by atoms with van der Waals surface area (Å²) < 4.78 is 27.3. The normalized spacial score (nSPS) is 11.1. The Balaban J connectivity index is 2.91. The maximum absolute atomic E-state index is 12.8. The first-order valence-corrected chi connectivity index (χ1v) is 5.72. The van der Waals surface area contributed by atoms with Crippen molar-refractivity contribution in [3.63, 3.8) is 0 Å². The molecule has 1 aromatic carbocycles. The predicted octanol–water partition coefficient (Wildman–Crippen LogP) is 4.70. The van der Waals surface area contributed by atoms with Crippen LogP contribution in [0.2, 0.25) is 0 Å². The lowest BCUT2D eigenvalue weighted by molar-refractivity contribution is 0.511. The van der Waals surface area contributed by atoms with Crippen LogP contribution in [0.4, 0.5) is 8.78 Å². The topological polar surface area (TPSA) is 0 Å². The van der Waals surface area contributed by atoms with Gasteiger partial charge in [-0.2, -0.15) is 0 Å². The van der Waals surface area contributed by atoms with E-state index in [0.717, 1.165) is 7.57 Å². The third-order valence-corrected chi connectivity index (χ3v) is 4.29. The summed E-state index contributed by atoms with van der Waals surface area (Å²) in [5.41, 5.74) is 0. The average Bonchev–Trinajstić information content (AvgIpc) is 2.31. The van der Waals surface area contributed by atoms with Crippen LogP contribution in [-0.4, -0.2) is 0 Å². The van der Waals surface area contributed by atoms with Crippen molar-refractivity contribution in [3.05, 3.63) is 31.3 Å². The van der Waals surface area contributed by atoms with Crippen LogP contribution in [0.1, 0.15) is 0 Å². The summed E-state index contributed by atoms with van der Waals surface area (Å²) in [5.74, 6) is -1.64. The number of thiophene rings is 1. The van der Waals surface area contributed by atoms with Gasteiger partial charge in [-0.25, -0.2) is 8.78 Å². The fourth-order valence-corrected chi connectivity index (χ4v) is 4.05. The molecule has 1 aromatic heterocycles. The molecular formula is C8H2Br2F2S. The molecule has 2 aromatic rings. The maximum atomic E-state index is 12.8. The predicted molar refractivity (Wildman–Crippen MR) is 57.1 cm³/mol. The number of hydrogen-bond donors (Lipinski definition) is 0. The Morgan fingerprint density at radius 1 is 0.923 bits per heavy atom. The van der Waals surface area contributed by atoms with Gasteiger partial charge < -0.3 is 0 Å².